The molecule has 2 nitrogen and oxygen atoms in total. The van der Waals surface area contributed by atoms with Gasteiger partial charge in [0.2, 0.25) is 0 Å². The molecular formula is C54H46N2. The molecular weight excluding hydrogens is 677 g/mol. The number of anilines is 5. The first-order valence-electron chi connectivity index (χ1n) is 19.6. The highest BCUT2D eigenvalue weighted by molar-refractivity contribution is 5.90. The average molecular weight is 723 g/mol. The van der Waals surface area contributed by atoms with E-state index in [9.17, 15) is 0 Å². The van der Waals surface area contributed by atoms with Crippen LogP contribution in [0.1, 0.15) is 49.9 Å². The highest BCUT2D eigenvalue weighted by atomic mass is 15.2. The van der Waals surface area contributed by atoms with Crippen LogP contribution in [0.3, 0.4) is 0 Å². The Morgan fingerprint density at radius 3 is 1.64 bits per heavy atom. The Balaban J connectivity index is 1.17. The van der Waals surface area contributed by atoms with E-state index in [1.165, 1.54) is 67.0 Å². The van der Waals surface area contributed by atoms with Gasteiger partial charge < -0.3 is 10.2 Å². The quantitative estimate of drug-likeness (QED) is 0.168. The van der Waals surface area contributed by atoms with Gasteiger partial charge in [0, 0.05) is 27.9 Å². The second-order valence-corrected chi connectivity index (χ2v) is 15.9. The predicted octanol–water partition coefficient (Wildman–Crippen LogP) is 14.9. The SMILES string of the molecule is CC(C)(c1cccc(-c2ccccc2)c1)c1ccc(-c2ccc3c(c2)N(c2ccccc2)c2ccc(-c4ccccc4)cc2C3(C)C)cc1Nc1ccccc1. The number of hydrogen-bond donors (Lipinski definition) is 1. The Morgan fingerprint density at radius 2 is 0.964 bits per heavy atom. The van der Waals surface area contributed by atoms with Gasteiger partial charge in [-0.3, -0.25) is 0 Å². The predicted molar refractivity (Wildman–Crippen MR) is 238 cm³/mol. The van der Waals surface area contributed by atoms with Gasteiger partial charge in [-0.25, -0.2) is 0 Å². The van der Waals surface area contributed by atoms with Gasteiger partial charge in [0.05, 0.1) is 11.4 Å². The number of rotatable bonds is 8. The van der Waals surface area contributed by atoms with Gasteiger partial charge in [-0.1, -0.05) is 179 Å². The standard InChI is InChI=1S/C54H46N2/c1-53(2,44-23-17-22-40(34-44)38-18-9-5-10-19-38)47-31-28-42(36-50(47)55-45-24-13-7-14-25-45)43-29-32-48-52(37-43)56(46-26-15-8-16-27-46)51-33-30-41(35-49(51)54(48,3)4)39-20-11-6-12-21-39/h5-37,55H,1-4H3. The van der Waals surface area contributed by atoms with E-state index < -0.39 is 0 Å². The Bertz CT molecular complexity index is 2640. The van der Waals surface area contributed by atoms with Crippen molar-refractivity contribution in [2.45, 2.75) is 38.5 Å². The minimum absolute atomic E-state index is 0.221. The molecule has 0 amide bonds. The maximum Gasteiger partial charge on any atom is 0.0508 e. The van der Waals surface area contributed by atoms with Crippen molar-refractivity contribution in [3.05, 3.63) is 222 Å². The fourth-order valence-corrected chi connectivity index (χ4v) is 8.52. The molecule has 0 fully saturated rings. The van der Waals surface area contributed by atoms with Gasteiger partial charge in [-0.05, 0) is 104 Å². The molecule has 0 spiro atoms. The maximum atomic E-state index is 3.84. The minimum Gasteiger partial charge on any atom is -0.355 e. The van der Waals surface area contributed by atoms with E-state index >= 15 is 0 Å². The van der Waals surface area contributed by atoms with Crippen LogP contribution in [-0.4, -0.2) is 0 Å². The molecule has 1 heterocycles. The summed E-state index contributed by atoms with van der Waals surface area (Å²) < 4.78 is 0. The number of nitrogens with one attached hydrogen (secondary N) is 1. The molecule has 1 aliphatic rings. The van der Waals surface area contributed by atoms with Crippen LogP contribution in [0.2, 0.25) is 0 Å². The van der Waals surface area contributed by atoms with Crippen LogP contribution in [0.25, 0.3) is 33.4 Å². The molecule has 9 rings (SSSR count). The first-order chi connectivity index (χ1) is 27.3. The van der Waals surface area contributed by atoms with E-state index in [1.54, 1.807) is 0 Å². The summed E-state index contributed by atoms with van der Waals surface area (Å²) >= 11 is 0. The number of para-hydroxylation sites is 2. The first-order valence-corrected chi connectivity index (χ1v) is 19.6. The van der Waals surface area contributed by atoms with Gasteiger partial charge in [-0.2, -0.15) is 0 Å². The highest BCUT2D eigenvalue weighted by Crippen LogP contribution is 2.53. The van der Waals surface area contributed by atoms with Gasteiger partial charge >= 0.3 is 0 Å². The van der Waals surface area contributed by atoms with Crippen molar-refractivity contribution < 1.29 is 0 Å². The summed E-state index contributed by atoms with van der Waals surface area (Å²) in [5.41, 5.74) is 17.6. The van der Waals surface area contributed by atoms with Crippen LogP contribution in [0.4, 0.5) is 28.4 Å². The van der Waals surface area contributed by atoms with Crippen LogP contribution in [0.15, 0.2) is 200 Å². The Labute approximate surface area is 331 Å². The molecule has 0 unspecified atom stereocenters. The molecule has 8 aromatic rings. The van der Waals surface area contributed by atoms with Crippen LogP contribution in [0, 0.1) is 0 Å². The van der Waals surface area contributed by atoms with E-state index in [1.807, 2.05) is 0 Å². The lowest BCUT2D eigenvalue weighted by Crippen LogP contribution is -2.30. The zero-order valence-corrected chi connectivity index (χ0v) is 32.5. The summed E-state index contributed by atoms with van der Waals surface area (Å²) in [5.74, 6) is 0. The van der Waals surface area contributed by atoms with E-state index in [4.69, 9.17) is 0 Å². The summed E-state index contributed by atoms with van der Waals surface area (Å²) in [6.07, 6.45) is 0. The Morgan fingerprint density at radius 1 is 0.429 bits per heavy atom. The molecule has 0 bridgehead atoms. The summed E-state index contributed by atoms with van der Waals surface area (Å²) in [6.45, 7) is 9.41. The van der Waals surface area contributed by atoms with Crippen LogP contribution in [-0.2, 0) is 10.8 Å². The maximum absolute atomic E-state index is 3.84. The smallest absolute Gasteiger partial charge is 0.0508 e. The zero-order valence-electron chi connectivity index (χ0n) is 32.5. The lowest BCUT2D eigenvalue weighted by molar-refractivity contribution is 0.632. The minimum atomic E-state index is -0.285. The van der Waals surface area contributed by atoms with Crippen molar-refractivity contribution in [3.8, 4) is 33.4 Å². The fourth-order valence-electron chi connectivity index (χ4n) is 8.52. The van der Waals surface area contributed by atoms with E-state index in [2.05, 4.69) is 238 Å². The summed E-state index contributed by atoms with van der Waals surface area (Å²) in [4.78, 5) is 2.45. The van der Waals surface area contributed by atoms with Crippen LogP contribution < -0.4 is 10.2 Å². The number of fused-ring (bicyclic) bond motifs is 2. The zero-order chi connectivity index (χ0) is 38.3. The molecule has 0 aromatic heterocycles. The topological polar surface area (TPSA) is 15.3 Å². The van der Waals surface area contributed by atoms with Crippen molar-refractivity contribution in [2.75, 3.05) is 10.2 Å². The van der Waals surface area contributed by atoms with Gasteiger partial charge in [0.15, 0.2) is 0 Å². The molecule has 0 saturated heterocycles. The largest absolute Gasteiger partial charge is 0.355 e. The van der Waals surface area contributed by atoms with Crippen molar-refractivity contribution >= 4 is 28.4 Å². The van der Waals surface area contributed by atoms with Gasteiger partial charge in [-0.15, -0.1) is 0 Å². The number of hydrogen-bond acceptors (Lipinski definition) is 2. The van der Waals surface area contributed by atoms with Crippen molar-refractivity contribution in [3.63, 3.8) is 0 Å². The van der Waals surface area contributed by atoms with Gasteiger partial charge in [0.25, 0.3) is 0 Å². The molecule has 1 aliphatic heterocycles. The second-order valence-electron chi connectivity index (χ2n) is 15.9. The summed E-state index contributed by atoms with van der Waals surface area (Å²) in [5, 5.41) is 3.84. The van der Waals surface area contributed by atoms with E-state index in [-0.39, 0.29) is 10.8 Å². The molecule has 56 heavy (non-hydrogen) atoms. The molecule has 0 saturated carbocycles. The molecule has 1 N–H and O–H groups in total. The number of nitrogens with zero attached hydrogens (tertiary/aromatic N) is 1. The Hall–Kier alpha value is -6.64. The molecule has 0 atom stereocenters. The van der Waals surface area contributed by atoms with E-state index in [0.29, 0.717) is 0 Å². The summed E-state index contributed by atoms with van der Waals surface area (Å²) in [6, 6.07) is 72.7. The lowest BCUT2D eigenvalue weighted by atomic mass is 9.72. The van der Waals surface area contributed by atoms with Gasteiger partial charge in [0.1, 0.15) is 0 Å². The first kappa shape index (κ1) is 35.1. The fraction of sp³-hybridized carbons (Fsp3) is 0.111. The third kappa shape index (κ3) is 6.37. The van der Waals surface area contributed by atoms with E-state index in [0.717, 1.165) is 17.1 Å². The number of benzene rings is 8. The van der Waals surface area contributed by atoms with Crippen molar-refractivity contribution in [1.29, 1.82) is 0 Å². The molecule has 0 radical (unpaired) electrons. The molecule has 0 aliphatic carbocycles. The van der Waals surface area contributed by atoms with Crippen molar-refractivity contribution in [1.82, 2.24) is 0 Å². The molecule has 272 valence electrons. The third-order valence-electron chi connectivity index (χ3n) is 11.7. The lowest BCUT2D eigenvalue weighted by Gasteiger charge is -2.42. The highest BCUT2D eigenvalue weighted by Gasteiger charge is 2.37. The van der Waals surface area contributed by atoms with Crippen molar-refractivity contribution in [2.24, 2.45) is 0 Å². The monoisotopic (exact) mass is 722 g/mol. The average Bonchev–Trinajstić information content (AvgIpc) is 3.25. The third-order valence-corrected chi connectivity index (χ3v) is 11.7. The summed E-state index contributed by atoms with van der Waals surface area (Å²) in [7, 11) is 0. The van der Waals surface area contributed by atoms with Crippen LogP contribution in [0.5, 0.6) is 0 Å². The molecule has 2 heteroatoms. The Kier molecular flexibility index (Phi) is 8.90. The normalized spacial score (nSPS) is 13.1. The molecule has 8 aromatic carbocycles. The second kappa shape index (κ2) is 14.2. The van der Waals surface area contributed by atoms with Crippen LogP contribution >= 0.6 is 0 Å².